The molecule has 1 aromatic rings. The van der Waals surface area contributed by atoms with Crippen LogP contribution in [0.25, 0.3) is 0 Å². The van der Waals surface area contributed by atoms with Gasteiger partial charge < -0.3 is 10.6 Å². The second-order valence-electron chi connectivity index (χ2n) is 4.29. The molecule has 2 N–H and O–H groups in total. The molecule has 1 saturated heterocycles. The minimum absolute atomic E-state index is 0.119. The summed E-state index contributed by atoms with van der Waals surface area (Å²) in [7, 11) is 0. The lowest BCUT2D eigenvalue weighted by Gasteiger charge is -2.31. The highest BCUT2D eigenvalue weighted by atomic mass is 35.5. The molecule has 0 radical (unpaired) electrons. The van der Waals surface area contributed by atoms with Crippen LogP contribution >= 0.6 is 23.4 Å². The number of nitrogens with zero attached hydrogens (tertiary/aromatic N) is 2. The van der Waals surface area contributed by atoms with E-state index in [1.807, 2.05) is 11.8 Å². The summed E-state index contributed by atoms with van der Waals surface area (Å²) in [6.07, 6.45) is 4.15. The van der Waals surface area contributed by atoms with Gasteiger partial charge in [0.1, 0.15) is 11.5 Å². The summed E-state index contributed by atoms with van der Waals surface area (Å²) in [5.74, 6) is 0.202. The van der Waals surface area contributed by atoms with Gasteiger partial charge in [0.25, 0.3) is 5.91 Å². The van der Waals surface area contributed by atoms with E-state index in [1.54, 1.807) is 17.0 Å². The zero-order valence-corrected chi connectivity index (χ0v) is 11.8. The summed E-state index contributed by atoms with van der Waals surface area (Å²) in [5, 5.41) is 1.01. The van der Waals surface area contributed by atoms with Crippen LogP contribution in [0.2, 0.25) is 5.02 Å². The molecule has 0 aliphatic carbocycles. The molecule has 6 heteroatoms. The number of carbonyl (C=O) groups is 1. The fourth-order valence-corrected chi connectivity index (χ4v) is 2.92. The van der Waals surface area contributed by atoms with Gasteiger partial charge in [-0.2, -0.15) is 11.8 Å². The van der Waals surface area contributed by atoms with Crippen molar-refractivity contribution in [1.29, 1.82) is 0 Å². The number of nitrogens with two attached hydrogens (primary N) is 1. The molecule has 0 atom stereocenters. The van der Waals surface area contributed by atoms with E-state index < -0.39 is 0 Å². The van der Waals surface area contributed by atoms with Crippen LogP contribution in [-0.4, -0.2) is 40.4 Å². The molecule has 1 fully saturated rings. The van der Waals surface area contributed by atoms with Gasteiger partial charge >= 0.3 is 0 Å². The summed E-state index contributed by atoms with van der Waals surface area (Å²) in [5.41, 5.74) is 5.86. The Morgan fingerprint density at radius 2 is 2.17 bits per heavy atom. The van der Waals surface area contributed by atoms with Crippen LogP contribution in [0, 0.1) is 0 Å². The molecule has 0 bridgehead atoms. The Kier molecular flexibility index (Phi) is 4.35. The molecule has 1 aliphatic heterocycles. The highest BCUT2D eigenvalue weighted by molar-refractivity contribution is 7.99. The zero-order valence-electron chi connectivity index (χ0n) is 10.2. The van der Waals surface area contributed by atoms with Gasteiger partial charge in [-0.05, 0) is 31.2 Å². The molecular formula is C12H16ClN3OS. The standard InChI is InChI=1S/C12H16ClN3OS/c1-18-8-4-6-16(7-5-8)12(17)11-9(13)2-3-10(14)15-11/h2-3,8H,4-7H2,1H3,(H2,14,15). The third-order valence-corrected chi connectivity index (χ3v) is 4.58. The number of amides is 1. The largest absolute Gasteiger partial charge is 0.384 e. The van der Waals surface area contributed by atoms with Gasteiger partial charge in [0.05, 0.1) is 5.02 Å². The minimum atomic E-state index is -0.119. The molecule has 0 saturated carbocycles. The minimum Gasteiger partial charge on any atom is -0.384 e. The maximum atomic E-state index is 12.3. The lowest BCUT2D eigenvalue weighted by Crippen LogP contribution is -2.39. The molecule has 2 heterocycles. The maximum Gasteiger partial charge on any atom is 0.274 e. The summed E-state index contributed by atoms with van der Waals surface area (Å²) in [4.78, 5) is 18.1. The van der Waals surface area contributed by atoms with Crippen molar-refractivity contribution in [3.8, 4) is 0 Å². The Morgan fingerprint density at radius 1 is 1.50 bits per heavy atom. The quantitative estimate of drug-likeness (QED) is 0.906. The monoisotopic (exact) mass is 285 g/mol. The molecule has 98 valence electrons. The van der Waals surface area contributed by atoms with Crippen LogP contribution in [0.5, 0.6) is 0 Å². The predicted octanol–water partition coefficient (Wildman–Crippen LogP) is 2.28. The van der Waals surface area contributed by atoms with Crippen molar-refractivity contribution < 1.29 is 4.79 Å². The number of halogens is 1. The number of hydrogen-bond acceptors (Lipinski definition) is 4. The lowest BCUT2D eigenvalue weighted by molar-refractivity contribution is 0.0722. The van der Waals surface area contributed by atoms with E-state index in [0.717, 1.165) is 25.9 Å². The molecule has 1 amide bonds. The van der Waals surface area contributed by atoms with Crippen LogP contribution in [0.4, 0.5) is 5.82 Å². The van der Waals surface area contributed by atoms with Crippen molar-refractivity contribution in [2.45, 2.75) is 18.1 Å². The molecule has 2 rings (SSSR count). The number of anilines is 1. The van der Waals surface area contributed by atoms with Gasteiger partial charge in [0.15, 0.2) is 0 Å². The fourth-order valence-electron chi connectivity index (χ4n) is 2.05. The average Bonchev–Trinajstić information content (AvgIpc) is 2.41. The van der Waals surface area contributed by atoms with Gasteiger partial charge in [0, 0.05) is 18.3 Å². The summed E-state index contributed by atoms with van der Waals surface area (Å²) in [6.45, 7) is 1.52. The first kappa shape index (κ1) is 13.5. The van der Waals surface area contributed by atoms with Gasteiger partial charge in [-0.15, -0.1) is 0 Å². The van der Waals surface area contributed by atoms with E-state index in [0.29, 0.717) is 16.1 Å². The van der Waals surface area contributed by atoms with Gasteiger partial charge in [-0.1, -0.05) is 11.6 Å². The number of likely N-dealkylation sites (tertiary alicyclic amines) is 1. The number of hydrogen-bond donors (Lipinski definition) is 1. The molecular weight excluding hydrogens is 270 g/mol. The Balaban J connectivity index is 2.10. The van der Waals surface area contributed by atoms with E-state index in [-0.39, 0.29) is 11.6 Å². The SMILES string of the molecule is CSC1CCN(C(=O)c2nc(N)ccc2Cl)CC1. The van der Waals surface area contributed by atoms with E-state index >= 15 is 0 Å². The predicted molar refractivity (Wildman–Crippen MR) is 76.1 cm³/mol. The Hall–Kier alpha value is -0.940. The first-order chi connectivity index (χ1) is 8.61. The number of pyridine rings is 1. The zero-order chi connectivity index (χ0) is 13.1. The topological polar surface area (TPSA) is 59.2 Å². The molecule has 4 nitrogen and oxygen atoms in total. The number of thioether (sulfide) groups is 1. The van der Waals surface area contributed by atoms with Gasteiger partial charge in [-0.25, -0.2) is 4.98 Å². The van der Waals surface area contributed by atoms with Crippen molar-refractivity contribution in [2.24, 2.45) is 0 Å². The number of piperidine rings is 1. The Bertz CT molecular complexity index is 447. The highest BCUT2D eigenvalue weighted by Crippen LogP contribution is 2.23. The van der Waals surface area contributed by atoms with Gasteiger partial charge in [0.2, 0.25) is 0 Å². The fraction of sp³-hybridized carbons (Fsp3) is 0.500. The average molecular weight is 286 g/mol. The van der Waals surface area contributed by atoms with Crippen LogP contribution in [0.1, 0.15) is 23.3 Å². The first-order valence-corrected chi connectivity index (χ1v) is 7.52. The van der Waals surface area contributed by atoms with Crippen LogP contribution < -0.4 is 5.73 Å². The molecule has 1 aliphatic rings. The lowest BCUT2D eigenvalue weighted by atomic mass is 10.1. The second-order valence-corrected chi connectivity index (χ2v) is 5.84. The van der Waals surface area contributed by atoms with E-state index in [4.69, 9.17) is 17.3 Å². The van der Waals surface area contributed by atoms with E-state index in [9.17, 15) is 4.79 Å². The number of carbonyl (C=O) groups excluding carboxylic acids is 1. The smallest absolute Gasteiger partial charge is 0.274 e. The van der Waals surface area contributed by atoms with Crippen LogP contribution in [0.3, 0.4) is 0 Å². The van der Waals surface area contributed by atoms with E-state index in [2.05, 4.69) is 11.2 Å². The molecule has 1 aromatic heterocycles. The number of aromatic nitrogens is 1. The van der Waals surface area contributed by atoms with Crippen LogP contribution in [-0.2, 0) is 0 Å². The van der Waals surface area contributed by atoms with E-state index in [1.165, 1.54) is 0 Å². The highest BCUT2D eigenvalue weighted by Gasteiger charge is 2.25. The van der Waals surface area contributed by atoms with Crippen molar-refractivity contribution >= 4 is 35.1 Å². The number of rotatable bonds is 2. The maximum absolute atomic E-state index is 12.3. The Labute approximate surface area is 116 Å². The van der Waals surface area contributed by atoms with Crippen molar-refractivity contribution in [3.05, 3.63) is 22.8 Å². The van der Waals surface area contributed by atoms with Gasteiger partial charge in [-0.3, -0.25) is 4.79 Å². The first-order valence-electron chi connectivity index (χ1n) is 5.86. The summed E-state index contributed by atoms with van der Waals surface area (Å²) in [6, 6.07) is 3.21. The number of nitrogen functional groups attached to an aromatic ring is 1. The Morgan fingerprint density at radius 3 is 2.78 bits per heavy atom. The normalized spacial score (nSPS) is 16.9. The molecule has 0 aromatic carbocycles. The second kappa shape index (κ2) is 5.80. The van der Waals surface area contributed by atoms with Crippen molar-refractivity contribution in [1.82, 2.24) is 9.88 Å². The third kappa shape index (κ3) is 2.90. The van der Waals surface area contributed by atoms with Crippen molar-refractivity contribution in [3.63, 3.8) is 0 Å². The molecule has 18 heavy (non-hydrogen) atoms. The summed E-state index contributed by atoms with van der Waals surface area (Å²) < 4.78 is 0. The molecule has 0 unspecified atom stereocenters. The third-order valence-electron chi connectivity index (χ3n) is 3.13. The van der Waals surface area contributed by atoms with Crippen molar-refractivity contribution in [2.75, 3.05) is 25.1 Å². The summed E-state index contributed by atoms with van der Waals surface area (Å²) >= 11 is 7.86. The molecule has 0 spiro atoms. The van der Waals surface area contributed by atoms with Crippen LogP contribution in [0.15, 0.2) is 12.1 Å².